The highest BCUT2D eigenvalue weighted by Crippen LogP contribution is 2.38. The molecule has 1 saturated carbocycles. The number of carbonyl (C=O) groups is 1. The van der Waals surface area contributed by atoms with Gasteiger partial charge in [0.05, 0.1) is 12.2 Å². The average molecular weight is 235 g/mol. The van der Waals surface area contributed by atoms with Crippen molar-refractivity contribution < 1.29 is 18.3 Å². The molecule has 1 fully saturated rings. The van der Waals surface area contributed by atoms with Gasteiger partial charge in [0.1, 0.15) is 0 Å². The van der Waals surface area contributed by atoms with Gasteiger partial charge in [0.2, 0.25) is 10.0 Å². The summed E-state index contributed by atoms with van der Waals surface area (Å²) < 4.78 is 24.4. The van der Waals surface area contributed by atoms with Crippen molar-refractivity contribution in [2.75, 3.05) is 19.3 Å². The van der Waals surface area contributed by atoms with Crippen LogP contribution in [0.4, 0.5) is 0 Å². The Labute approximate surface area is 90.1 Å². The molecule has 2 atom stereocenters. The lowest BCUT2D eigenvalue weighted by Gasteiger charge is -2.16. The zero-order valence-corrected chi connectivity index (χ0v) is 9.83. The van der Waals surface area contributed by atoms with Gasteiger partial charge in [-0.2, -0.15) is 0 Å². The van der Waals surface area contributed by atoms with Crippen molar-refractivity contribution in [2.24, 2.45) is 11.8 Å². The molecule has 15 heavy (non-hydrogen) atoms. The van der Waals surface area contributed by atoms with Crippen LogP contribution in [0.3, 0.4) is 0 Å². The summed E-state index contributed by atoms with van der Waals surface area (Å²) in [5.74, 6) is -0.330. The smallest absolute Gasteiger partial charge is 0.304 e. The molecule has 0 spiro atoms. The Morgan fingerprint density at radius 2 is 2.07 bits per heavy atom. The molecule has 0 aromatic carbocycles. The van der Waals surface area contributed by atoms with Crippen molar-refractivity contribution in [1.82, 2.24) is 4.31 Å². The van der Waals surface area contributed by atoms with E-state index in [-0.39, 0.29) is 12.2 Å². The molecule has 0 aromatic rings. The van der Waals surface area contributed by atoms with Gasteiger partial charge in [0.25, 0.3) is 0 Å². The second kappa shape index (κ2) is 4.49. The van der Waals surface area contributed by atoms with Gasteiger partial charge in [-0.3, -0.25) is 4.79 Å². The predicted molar refractivity (Wildman–Crippen MR) is 55.9 cm³/mol. The Bertz CT molecular complexity index is 338. The normalized spacial score (nSPS) is 25.5. The molecule has 0 heterocycles. The first-order valence-corrected chi connectivity index (χ1v) is 6.59. The third-order valence-corrected chi connectivity index (χ3v) is 4.64. The van der Waals surface area contributed by atoms with Crippen LogP contribution >= 0.6 is 0 Å². The molecule has 88 valence electrons. The number of nitrogens with zero attached hydrogens (tertiary/aromatic N) is 1. The maximum Gasteiger partial charge on any atom is 0.304 e. The molecule has 0 saturated heterocycles. The largest absolute Gasteiger partial charge is 0.481 e. The Hall–Kier alpha value is -0.620. The molecular weight excluding hydrogens is 218 g/mol. The Morgan fingerprint density at radius 3 is 2.47 bits per heavy atom. The fourth-order valence-corrected chi connectivity index (χ4v) is 2.63. The van der Waals surface area contributed by atoms with E-state index in [1.807, 2.05) is 0 Å². The number of carboxylic acid groups (broad SMARTS) is 1. The quantitative estimate of drug-likeness (QED) is 0.722. The van der Waals surface area contributed by atoms with Crippen molar-refractivity contribution >= 4 is 16.0 Å². The van der Waals surface area contributed by atoms with Gasteiger partial charge < -0.3 is 5.11 Å². The van der Waals surface area contributed by atoms with Crippen LogP contribution in [0.15, 0.2) is 0 Å². The van der Waals surface area contributed by atoms with E-state index in [4.69, 9.17) is 5.11 Å². The molecule has 0 bridgehead atoms. The number of aliphatic carboxylic acids is 1. The molecule has 1 rings (SSSR count). The van der Waals surface area contributed by atoms with Gasteiger partial charge in [0, 0.05) is 13.6 Å². The first-order chi connectivity index (χ1) is 6.83. The minimum absolute atomic E-state index is 0.306. The Kier molecular flexibility index (Phi) is 3.72. The summed E-state index contributed by atoms with van der Waals surface area (Å²) in [6.45, 7) is 2.60. The molecule has 0 amide bonds. The number of hydrogen-bond acceptors (Lipinski definition) is 3. The molecule has 0 radical (unpaired) electrons. The summed E-state index contributed by atoms with van der Waals surface area (Å²) in [5, 5.41) is 8.41. The van der Waals surface area contributed by atoms with Crippen LogP contribution in [0.5, 0.6) is 0 Å². The van der Waals surface area contributed by atoms with Crippen molar-refractivity contribution in [3.05, 3.63) is 0 Å². The minimum Gasteiger partial charge on any atom is -0.481 e. The molecule has 0 aliphatic heterocycles. The van der Waals surface area contributed by atoms with Crippen LogP contribution in [-0.4, -0.2) is 43.1 Å². The fraction of sp³-hybridized carbons (Fsp3) is 0.889. The third-order valence-electron chi connectivity index (χ3n) is 2.82. The van der Waals surface area contributed by atoms with E-state index in [0.717, 1.165) is 6.42 Å². The summed E-state index contributed by atoms with van der Waals surface area (Å²) in [6.07, 6.45) is 0.742. The lowest BCUT2D eigenvalue weighted by molar-refractivity contribution is -0.136. The molecule has 6 heteroatoms. The Morgan fingerprint density at radius 1 is 1.53 bits per heavy atom. The third kappa shape index (κ3) is 3.79. The van der Waals surface area contributed by atoms with E-state index in [1.165, 1.54) is 11.4 Å². The van der Waals surface area contributed by atoms with Crippen LogP contribution in [-0.2, 0) is 14.8 Å². The Balaban J connectivity index is 2.42. The van der Waals surface area contributed by atoms with Gasteiger partial charge in [-0.05, 0) is 18.3 Å². The van der Waals surface area contributed by atoms with Crippen molar-refractivity contribution in [3.63, 3.8) is 0 Å². The van der Waals surface area contributed by atoms with Gasteiger partial charge in [-0.15, -0.1) is 0 Å². The monoisotopic (exact) mass is 235 g/mol. The highest BCUT2D eigenvalue weighted by Gasteiger charge is 2.35. The summed E-state index contributed by atoms with van der Waals surface area (Å²) in [6, 6.07) is 0. The number of sulfonamides is 1. The van der Waals surface area contributed by atoms with Gasteiger partial charge >= 0.3 is 5.97 Å². The summed E-state index contributed by atoms with van der Waals surface area (Å²) in [5.41, 5.74) is 0. The lowest BCUT2D eigenvalue weighted by Crippen LogP contribution is -2.32. The number of rotatable bonds is 6. The summed E-state index contributed by atoms with van der Waals surface area (Å²) in [7, 11) is -1.87. The van der Waals surface area contributed by atoms with E-state index in [0.29, 0.717) is 18.4 Å². The van der Waals surface area contributed by atoms with Crippen LogP contribution in [0.2, 0.25) is 0 Å². The van der Waals surface area contributed by atoms with Crippen LogP contribution in [0.1, 0.15) is 19.8 Å². The van der Waals surface area contributed by atoms with E-state index in [9.17, 15) is 13.2 Å². The van der Waals surface area contributed by atoms with E-state index < -0.39 is 16.0 Å². The number of carboxylic acids is 1. The molecule has 1 aliphatic rings. The zero-order chi connectivity index (χ0) is 11.6. The van der Waals surface area contributed by atoms with Crippen LogP contribution in [0, 0.1) is 11.8 Å². The predicted octanol–water partition coefficient (Wildman–Crippen LogP) is 0.379. The average Bonchev–Trinajstić information content (AvgIpc) is 2.78. The second-order valence-electron chi connectivity index (χ2n) is 4.21. The SMILES string of the molecule is CC1CC1CN(C)S(=O)(=O)CCC(=O)O. The standard InChI is InChI=1S/C9H17NO4S/c1-7-5-8(7)6-10(2)15(13,14)4-3-9(11)12/h7-8H,3-6H2,1-2H3,(H,11,12). The first-order valence-electron chi connectivity index (χ1n) is 4.98. The van der Waals surface area contributed by atoms with Gasteiger partial charge in [-0.25, -0.2) is 12.7 Å². The van der Waals surface area contributed by atoms with Gasteiger partial charge in [0.15, 0.2) is 0 Å². The molecule has 2 unspecified atom stereocenters. The summed E-state index contributed by atoms with van der Waals surface area (Å²) in [4.78, 5) is 10.3. The minimum atomic E-state index is -3.38. The zero-order valence-electron chi connectivity index (χ0n) is 9.01. The first kappa shape index (κ1) is 12.4. The number of hydrogen-bond donors (Lipinski definition) is 1. The van der Waals surface area contributed by atoms with Crippen LogP contribution < -0.4 is 0 Å². The van der Waals surface area contributed by atoms with Crippen molar-refractivity contribution in [3.8, 4) is 0 Å². The van der Waals surface area contributed by atoms with E-state index in [2.05, 4.69) is 6.92 Å². The highest BCUT2D eigenvalue weighted by atomic mass is 32.2. The van der Waals surface area contributed by atoms with Crippen molar-refractivity contribution in [2.45, 2.75) is 19.8 Å². The maximum absolute atomic E-state index is 11.6. The van der Waals surface area contributed by atoms with E-state index in [1.54, 1.807) is 0 Å². The highest BCUT2D eigenvalue weighted by molar-refractivity contribution is 7.89. The fourth-order valence-electron chi connectivity index (χ4n) is 1.47. The van der Waals surface area contributed by atoms with Crippen LogP contribution in [0.25, 0.3) is 0 Å². The lowest BCUT2D eigenvalue weighted by atomic mass is 10.3. The second-order valence-corrected chi connectivity index (χ2v) is 6.41. The maximum atomic E-state index is 11.6. The topological polar surface area (TPSA) is 74.7 Å². The van der Waals surface area contributed by atoms with Gasteiger partial charge in [-0.1, -0.05) is 6.92 Å². The van der Waals surface area contributed by atoms with E-state index >= 15 is 0 Å². The molecule has 1 N–H and O–H groups in total. The summed E-state index contributed by atoms with van der Waals surface area (Å²) >= 11 is 0. The van der Waals surface area contributed by atoms with Crippen molar-refractivity contribution in [1.29, 1.82) is 0 Å². The molecule has 0 aromatic heterocycles. The molecular formula is C9H17NO4S. The molecule has 5 nitrogen and oxygen atoms in total. The molecule has 1 aliphatic carbocycles.